The Morgan fingerprint density at radius 2 is 1.94 bits per heavy atom. The first-order valence-corrected chi connectivity index (χ1v) is 11.4. The van der Waals surface area contributed by atoms with Crippen molar-refractivity contribution in [2.75, 3.05) is 6.61 Å². The van der Waals surface area contributed by atoms with Crippen LogP contribution in [0.4, 0.5) is 0 Å². The van der Waals surface area contributed by atoms with E-state index in [9.17, 15) is 4.79 Å². The molecule has 5 rings (SSSR count). The van der Waals surface area contributed by atoms with Crippen LogP contribution in [0.1, 0.15) is 34.2 Å². The van der Waals surface area contributed by atoms with E-state index in [4.69, 9.17) is 14.1 Å². The molecule has 0 radical (unpaired) electrons. The first-order chi connectivity index (χ1) is 17.2. The van der Waals surface area contributed by atoms with E-state index in [1.165, 1.54) is 0 Å². The molecule has 1 amide bonds. The van der Waals surface area contributed by atoms with Gasteiger partial charge in [-0.3, -0.25) is 9.78 Å². The van der Waals surface area contributed by atoms with Gasteiger partial charge in [-0.05, 0) is 48.4 Å². The van der Waals surface area contributed by atoms with Gasteiger partial charge in [0.1, 0.15) is 12.3 Å². The summed E-state index contributed by atoms with van der Waals surface area (Å²) >= 11 is 0. The van der Waals surface area contributed by atoms with E-state index in [2.05, 4.69) is 15.4 Å². The van der Waals surface area contributed by atoms with E-state index in [1.807, 2.05) is 55.5 Å². The Hall–Kier alpha value is -4.30. The van der Waals surface area contributed by atoms with Crippen molar-refractivity contribution < 1.29 is 13.9 Å². The number of ether oxygens (including phenoxy) is 1. The Bertz CT molecular complexity index is 1410. The number of nitrogens with zero attached hydrogens (tertiary/aromatic N) is 4. The molecule has 1 aromatic carbocycles. The van der Waals surface area contributed by atoms with Crippen molar-refractivity contribution in [3.8, 4) is 11.3 Å². The van der Waals surface area contributed by atoms with Gasteiger partial charge in [0.05, 0.1) is 35.7 Å². The Labute approximate surface area is 202 Å². The summed E-state index contributed by atoms with van der Waals surface area (Å²) in [6, 6.07) is 17.3. The second-order valence-electron chi connectivity index (χ2n) is 8.05. The number of hydrogen-bond acceptors (Lipinski definition) is 6. The molecule has 0 bridgehead atoms. The van der Waals surface area contributed by atoms with Gasteiger partial charge in [-0.2, -0.15) is 5.10 Å². The van der Waals surface area contributed by atoms with Crippen molar-refractivity contribution >= 4 is 16.9 Å². The quantitative estimate of drug-likeness (QED) is 0.340. The lowest BCUT2D eigenvalue weighted by Crippen LogP contribution is -2.23. The number of aromatic nitrogens is 4. The Balaban J connectivity index is 1.43. The van der Waals surface area contributed by atoms with E-state index in [0.29, 0.717) is 48.6 Å². The van der Waals surface area contributed by atoms with Crippen LogP contribution in [0.3, 0.4) is 0 Å². The summed E-state index contributed by atoms with van der Waals surface area (Å²) in [6.07, 6.45) is 6.73. The number of nitrogens with one attached hydrogen (secondary N) is 1. The van der Waals surface area contributed by atoms with Gasteiger partial charge in [0.25, 0.3) is 5.91 Å². The second-order valence-corrected chi connectivity index (χ2v) is 8.05. The molecule has 0 unspecified atom stereocenters. The minimum Gasteiger partial charge on any atom is -0.467 e. The number of carbonyl (C=O) groups is 1. The van der Waals surface area contributed by atoms with E-state index in [0.717, 1.165) is 22.5 Å². The monoisotopic (exact) mass is 467 g/mol. The fourth-order valence-corrected chi connectivity index (χ4v) is 3.81. The third-order valence-corrected chi connectivity index (χ3v) is 5.65. The SMILES string of the molecule is CCOCc1ccc(CNC(=O)c2cc(-c3cccnc3)nc3c2cnn3Cc2ccco2)cc1. The fourth-order valence-electron chi connectivity index (χ4n) is 3.81. The van der Waals surface area contributed by atoms with Crippen LogP contribution in [0.25, 0.3) is 22.3 Å². The molecule has 0 atom stereocenters. The van der Waals surface area contributed by atoms with Crippen LogP contribution in [-0.2, 0) is 24.4 Å². The number of hydrogen-bond donors (Lipinski definition) is 1. The van der Waals surface area contributed by atoms with E-state index >= 15 is 0 Å². The van der Waals surface area contributed by atoms with Gasteiger partial charge in [0, 0.05) is 31.1 Å². The minimum atomic E-state index is -0.196. The van der Waals surface area contributed by atoms with Crippen molar-refractivity contribution in [3.63, 3.8) is 0 Å². The van der Waals surface area contributed by atoms with Crippen LogP contribution in [0, 0.1) is 0 Å². The Morgan fingerprint density at radius 1 is 1.09 bits per heavy atom. The number of pyridine rings is 2. The summed E-state index contributed by atoms with van der Waals surface area (Å²) in [4.78, 5) is 22.3. The van der Waals surface area contributed by atoms with E-state index in [-0.39, 0.29) is 5.91 Å². The molecular formula is C27H25N5O3. The molecule has 0 spiro atoms. The summed E-state index contributed by atoms with van der Waals surface area (Å²) in [7, 11) is 0. The molecule has 8 heteroatoms. The van der Waals surface area contributed by atoms with Gasteiger partial charge in [-0.1, -0.05) is 24.3 Å². The smallest absolute Gasteiger partial charge is 0.252 e. The molecular weight excluding hydrogens is 442 g/mol. The first kappa shape index (κ1) is 22.5. The summed E-state index contributed by atoms with van der Waals surface area (Å²) < 4.78 is 12.7. The van der Waals surface area contributed by atoms with Crippen LogP contribution in [0.15, 0.2) is 83.9 Å². The lowest BCUT2D eigenvalue weighted by Gasteiger charge is -2.10. The first-order valence-electron chi connectivity index (χ1n) is 11.4. The molecule has 0 aliphatic heterocycles. The number of benzene rings is 1. The fraction of sp³-hybridized carbons (Fsp3) is 0.185. The third kappa shape index (κ3) is 5.12. The van der Waals surface area contributed by atoms with Crippen LogP contribution >= 0.6 is 0 Å². The third-order valence-electron chi connectivity index (χ3n) is 5.65. The molecule has 8 nitrogen and oxygen atoms in total. The maximum Gasteiger partial charge on any atom is 0.252 e. The van der Waals surface area contributed by atoms with Crippen molar-refractivity contribution in [1.29, 1.82) is 0 Å². The molecule has 0 saturated carbocycles. The molecule has 1 N–H and O–H groups in total. The summed E-state index contributed by atoms with van der Waals surface area (Å²) in [5.41, 5.74) is 4.68. The topological polar surface area (TPSA) is 95.1 Å². The normalized spacial score (nSPS) is 11.1. The zero-order chi connectivity index (χ0) is 24.0. The average molecular weight is 468 g/mol. The molecule has 0 aliphatic rings. The highest BCUT2D eigenvalue weighted by Crippen LogP contribution is 2.25. The predicted molar refractivity (Wildman–Crippen MR) is 132 cm³/mol. The van der Waals surface area contributed by atoms with Crippen LogP contribution in [0.2, 0.25) is 0 Å². The molecule has 0 saturated heterocycles. The Morgan fingerprint density at radius 3 is 2.69 bits per heavy atom. The maximum atomic E-state index is 13.3. The molecule has 35 heavy (non-hydrogen) atoms. The predicted octanol–water partition coefficient (Wildman–Crippen LogP) is 4.60. The van der Waals surface area contributed by atoms with Crippen molar-refractivity contribution in [3.05, 3.63) is 102 Å². The molecule has 176 valence electrons. The molecule has 4 aromatic heterocycles. The molecule has 5 aromatic rings. The average Bonchev–Trinajstić information content (AvgIpc) is 3.57. The second kappa shape index (κ2) is 10.3. The van der Waals surface area contributed by atoms with Gasteiger partial charge in [-0.25, -0.2) is 9.67 Å². The summed E-state index contributed by atoms with van der Waals surface area (Å²) in [6.45, 7) is 4.05. The lowest BCUT2D eigenvalue weighted by molar-refractivity contribution is 0.0952. The molecule has 0 aliphatic carbocycles. The highest BCUT2D eigenvalue weighted by Gasteiger charge is 2.18. The number of furan rings is 1. The van der Waals surface area contributed by atoms with Crippen molar-refractivity contribution in [2.45, 2.75) is 26.6 Å². The van der Waals surface area contributed by atoms with Crippen LogP contribution in [-0.4, -0.2) is 32.3 Å². The van der Waals surface area contributed by atoms with Gasteiger partial charge in [-0.15, -0.1) is 0 Å². The highest BCUT2D eigenvalue weighted by molar-refractivity contribution is 6.06. The molecule has 4 heterocycles. The summed E-state index contributed by atoms with van der Waals surface area (Å²) in [5, 5.41) is 8.20. The van der Waals surface area contributed by atoms with Gasteiger partial charge in [0.15, 0.2) is 5.65 Å². The minimum absolute atomic E-state index is 0.196. The summed E-state index contributed by atoms with van der Waals surface area (Å²) in [5.74, 6) is 0.556. The number of fused-ring (bicyclic) bond motifs is 1. The van der Waals surface area contributed by atoms with Crippen LogP contribution < -0.4 is 5.32 Å². The zero-order valence-electron chi connectivity index (χ0n) is 19.3. The number of amides is 1. The zero-order valence-corrected chi connectivity index (χ0v) is 19.3. The highest BCUT2D eigenvalue weighted by atomic mass is 16.5. The van der Waals surface area contributed by atoms with Gasteiger partial charge < -0.3 is 14.5 Å². The van der Waals surface area contributed by atoms with Gasteiger partial charge >= 0.3 is 0 Å². The molecule has 0 fully saturated rings. The lowest BCUT2D eigenvalue weighted by atomic mass is 10.1. The van der Waals surface area contributed by atoms with E-state index in [1.54, 1.807) is 35.6 Å². The number of rotatable bonds is 9. The van der Waals surface area contributed by atoms with Crippen molar-refractivity contribution in [1.82, 2.24) is 25.1 Å². The van der Waals surface area contributed by atoms with Gasteiger partial charge in [0.2, 0.25) is 0 Å². The standard InChI is InChI=1S/C27H25N5O3/c1-2-34-18-20-9-7-19(8-10-20)14-29-27(33)23-13-25(21-5-3-11-28-15-21)31-26-24(23)16-30-32(26)17-22-6-4-12-35-22/h3-13,15-16H,2,14,17-18H2,1H3,(H,29,33). The largest absolute Gasteiger partial charge is 0.467 e. The van der Waals surface area contributed by atoms with E-state index < -0.39 is 0 Å². The Kier molecular flexibility index (Phi) is 6.63. The number of carbonyl (C=O) groups excluding carboxylic acids is 1. The maximum absolute atomic E-state index is 13.3. The van der Waals surface area contributed by atoms with Crippen molar-refractivity contribution in [2.24, 2.45) is 0 Å². The van der Waals surface area contributed by atoms with Crippen LogP contribution in [0.5, 0.6) is 0 Å².